The molecule has 1 saturated heterocycles. The van der Waals surface area contributed by atoms with Gasteiger partial charge in [0.05, 0.1) is 12.9 Å². The van der Waals surface area contributed by atoms with Crippen molar-refractivity contribution in [3.63, 3.8) is 0 Å². The van der Waals surface area contributed by atoms with Gasteiger partial charge in [0.15, 0.2) is 5.76 Å². The van der Waals surface area contributed by atoms with Crippen molar-refractivity contribution in [1.82, 2.24) is 10.1 Å². The highest BCUT2D eigenvalue weighted by Gasteiger charge is 2.23. The van der Waals surface area contributed by atoms with Crippen LogP contribution in [0.5, 0.6) is 0 Å². The number of likely N-dealkylation sites (tertiary alicyclic amines) is 1. The number of carbonyl (C=O) groups excluding carboxylic acids is 1. The lowest BCUT2D eigenvalue weighted by Gasteiger charge is -2.33. The molecule has 3 heterocycles. The van der Waals surface area contributed by atoms with Gasteiger partial charge in [0.2, 0.25) is 11.7 Å². The summed E-state index contributed by atoms with van der Waals surface area (Å²) in [6, 6.07) is 5.65. The van der Waals surface area contributed by atoms with Crippen LogP contribution in [0, 0.1) is 0 Å². The van der Waals surface area contributed by atoms with Crippen LogP contribution in [0.25, 0.3) is 11.5 Å². The lowest BCUT2D eigenvalue weighted by Crippen LogP contribution is -2.43. The Hall–Kier alpha value is -2.08. The Morgan fingerprint density at radius 3 is 3.14 bits per heavy atom. The Balaban J connectivity index is 1.48. The van der Waals surface area contributed by atoms with Gasteiger partial charge in [-0.1, -0.05) is 5.16 Å². The van der Waals surface area contributed by atoms with Crippen LogP contribution < -0.4 is 0 Å². The average molecular weight is 304 g/mol. The van der Waals surface area contributed by atoms with Gasteiger partial charge < -0.3 is 18.6 Å². The Labute approximate surface area is 129 Å². The van der Waals surface area contributed by atoms with Gasteiger partial charge in [-0.2, -0.15) is 0 Å². The summed E-state index contributed by atoms with van der Waals surface area (Å²) >= 11 is 0. The van der Waals surface area contributed by atoms with Crippen molar-refractivity contribution in [2.45, 2.75) is 38.8 Å². The predicted octanol–water partition coefficient (Wildman–Crippen LogP) is 2.85. The summed E-state index contributed by atoms with van der Waals surface area (Å²) in [6.45, 7) is 3.24. The zero-order chi connectivity index (χ0) is 15.4. The second-order valence-electron chi connectivity index (χ2n) is 5.58. The van der Waals surface area contributed by atoms with Gasteiger partial charge in [-0.3, -0.25) is 4.79 Å². The maximum absolute atomic E-state index is 12.1. The minimum atomic E-state index is 0.0435. The summed E-state index contributed by atoms with van der Waals surface area (Å²) in [4.78, 5) is 14.0. The monoisotopic (exact) mass is 304 g/mol. The first-order valence-electron chi connectivity index (χ1n) is 7.61. The van der Waals surface area contributed by atoms with Crippen molar-refractivity contribution in [1.29, 1.82) is 0 Å². The van der Waals surface area contributed by atoms with Crippen LogP contribution in [0.4, 0.5) is 0 Å². The standard InChI is InChI=1S/C16H20N2O4/c1-12-5-2-3-7-18(12)16(19)11-20-10-13-9-15(22-17-13)14-6-4-8-21-14/h4,6,8-9,12H,2-3,5,7,10-11H2,1H3/t12-/m1/s1. The number of hydrogen-bond donors (Lipinski definition) is 0. The van der Waals surface area contributed by atoms with E-state index in [2.05, 4.69) is 12.1 Å². The van der Waals surface area contributed by atoms with E-state index in [1.165, 1.54) is 6.42 Å². The molecule has 0 radical (unpaired) electrons. The van der Waals surface area contributed by atoms with E-state index in [0.717, 1.165) is 19.4 Å². The third-order valence-electron chi connectivity index (χ3n) is 3.92. The zero-order valence-corrected chi connectivity index (χ0v) is 12.7. The number of hydrogen-bond acceptors (Lipinski definition) is 5. The van der Waals surface area contributed by atoms with E-state index in [1.54, 1.807) is 24.5 Å². The number of nitrogens with zero attached hydrogens (tertiary/aromatic N) is 2. The fourth-order valence-electron chi connectivity index (χ4n) is 2.71. The summed E-state index contributed by atoms with van der Waals surface area (Å²) in [6.07, 6.45) is 4.92. The number of ether oxygens (including phenoxy) is 1. The minimum absolute atomic E-state index is 0.0435. The summed E-state index contributed by atoms with van der Waals surface area (Å²) in [7, 11) is 0. The molecule has 0 saturated carbocycles. The van der Waals surface area contributed by atoms with E-state index in [1.807, 2.05) is 4.90 Å². The third-order valence-corrected chi connectivity index (χ3v) is 3.92. The second-order valence-corrected chi connectivity index (χ2v) is 5.58. The highest BCUT2D eigenvalue weighted by Crippen LogP contribution is 2.21. The van der Waals surface area contributed by atoms with Crippen molar-refractivity contribution < 1.29 is 18.5 Å². The first-order valence-corrected chi connectivity index (χ1v) is 7.61. The molecule has 0 spiro atoms. The van der Waals surface area contributed by atoms with Gasteiger partial charge in [-0.25, -0.2) is 0 Å². The average Bonchev–Trinajstić information content (AvgIpc) is 3.18. The number of amides is 1. The minimum Gasteiger partial charge on any atom is -0.461 e. The van der Waals surface area contributed by atoms with Crippen molar-refractivity contribution in [3.8, 4) is 11.5 Å². The largest absolute Gasteiger partial charge is 0.461 e. The van der Waals surface area contributed by atoms with Crippen LogP contribution in [-0.2, 0) is 16.1 Å². The summed E-state index contributed by atoms with van der Waals surface area (Å²) < 4.78 is 15.9. The molecule has 2 aromatic heterocycles. The molecule has 0 N–H and O–H groups in total. The van der Waals surface area contributed by atoms with E-state index >= 15 is 0 Å². The normalized spacial score (nSPS) is 18.6. The van der Waals surface area contributed by atoms with E-state index in [-0.39, 0.29) is 19.1 Å². The van der Waals surface area contributed by atoms with Crippen molar-refractivity contribution in [2.24, 2.45) is 0 Å². The number of carbonyl (C=O) groups is 1. The molecule has 1 aliphatic heterocycles. The molecule has 0 aromatic carbocycles. The van der Waals surface area contributed by atoms with Gasteiger partial charge in [0.1, 0.15) is 12.3 Å². The smallest absolute Gasteiger partial charge is 0.248 e. The van der Waals surface area contributed by atoms with Crippen LogP contribution >= 0.6 is 0 Å². The molecule has 6 nitrogen and oxygen atoms in total. The fourth-order valence-corrected chi connectivity index (χ4v) is 2.71. The molecule has 2 aromatic rings. The first-order chi connectivity index (χ1) is 10.7. The summed E-state index contributed by atoms with van der Waals surface area (Å²) in [5, 5.41) is 3.91. The topological polar surface area (TPSA) is 68.7 Å². The van der Waals surface area contributed by atoms with E-state index < -0.39 is 0 Å². The van der Waals surface area contributed by atoms with E-state index in [9.17, 15) is 4.79 Å². The van der Waals surface area contributed by atoms with Crippen LogP contribution in [0.3, 0.4) is 0 Å². The maximum atomic E-state index is 12.1. The molecule has 1 atom stereocenters. The zero-order valence-electron chi connectivity index (χ0n) is 12.7. The van der Waals surface area contributed by atoms with Crippen molar-refractivity contribution >= 4 is 5.91 Å². The first kappa shape index (κ1) is 14.8. The molecule has 118 valence electrons. The molecule has 22 heavy (non-hydrogen) atoms. The van der Waals surface area contributed by atoms with Gasteiger partial charge in [-0.05, 0) is 38.3 Å². The van der Waals surface area contributed by atoms with Gasteiger partial charge in [0.25, 0.3) is 0 Å². The molecule has 6 heteroatoms. The van der Waals surface area contributed by atoms with Crippen molar-refractivity contribution in [3.05, 3.63) is 30.2 Å². The lowest BCUT2D eigenvalue weighted by molar-refractivity contribution is -0.139. The van der Waals surface area contributed by atoms with Crippen LogP contribution in [0.15, 0.2) is 33.4 Å². The molecule has 3 rings (SSSR count). The maximum Gasteiger partial charge on any atom is 0.248 e. The Bertz CT molecular complexity index is 605. The molecule has 0 aliphatic carbocycles. The Morgan fingerprint density at radius 1 is 1.45 bits per heavy atom. The Morgan fingerprint density at radius 2 is 2.36 bits per heavy atom. The second kappa shape index (κ2) is 6.79. The van der Waals surface area contributed by atoms with Crippen molar-refractivity contribution in [2.75, 3.05) is 13.2 Å². The summed E-state index contributed by atoms with van der Waals surface area (Å²) in [5.74, 6) is 1.22. The van der Waals surface area contributed by atoms with Gasteiger partial charge in [-0.15, -0.1) is 0 Å². The van der Waals surface area contributed by atoms with Crippen LogP contribution in [-0.4, -0.2) is 35.2 Å². The quantitative estimate of drug-likeness (QED) is 0.849. The number of piperidine rings is 1. The Kier molecular flexibility index (Phi) is 4.58. The molecule has 1 amide bonds. The molecular weight excluding hydrogens is 284 g/mol. The fraction of sp³-hybridized carbons (Fsp3) is 0.500. The third kappa shape index (κ3) is 3.39. The highest BCUT2D eigenvalue weighted by atomic mass is 16.5. The lowest BCUT2D eigenvalue weighted by atomic mass is 10.0. The molecule has 1 aliphatic rings. The number of rotatable bonds is 5. The van der Waals surface area contributed by atoms with Crippen LogP contribution in [0.2, 0.25) is 0 Å². The number of aromatic nitrogens is 1. The highest BCUT2D eigenvalue weighted by molar-refractivity contribution is 5.77. The molecule has 0 unspecified atom stereocenters. The van der Waals surface area contributed by atoms with E-state index in [4.69, 9.17) is 13.7 Å². The van der Waals surface area contributed by atoms with Gasteiger partial charge in [0, 0.05) is 18.7 Å². The summed E-state index contributed by atoms with van der Waals surface area (Å²) in [5.41, 5.74) is 0.644. The van der Waals surface area contributed by atoms with Crippen LogP contribution in [0.1, 0.15) is 31.9 Å². The molecule has 0 bridgehead atoms. The van der Waals surface area contributed by atoms with E-state index in [0.29, 0.717) is 23.3 Å². The predicted molar refractivity (Wildman–Crippen MR) is 78.9 cm³/mol. The number of furan rings is 1. The SMILES string of the molecule is C[C@@H]1CCCCN1C(=O)COCc1cc(-c2ccco2)on1. The van der Waals surface area contributed by atoms with Gasteiger partial charge >= 0.3 is 0 Å². The molecular formula is C16H20N2O4. The molecule has 1 fully saturated rings.